The summed E-state index contributed by atoms with van der Waals surface area (Å²) in [5.41, 5.74) is 6.08. The van der Waals surface area contributed by atoms with E-state index in [0.29, 0.717) is 18.9 Å². The Bertz CT molecular complexity index is 328. The number of aromatic nitrogens is 2. The lowest BCUT2D eigenvalue weighted by atomic mass is 9.97. The van der Waals surface area contributed by atoms with Crippen LogP contribution in [0.4, 0.5) is 0 Å². The topological polar surface area (TPSA) is 78.1 Å². The third-order valence-corrected chi connectivity index (χ3v) is 2.28. The minimum absolute atomic E-state index is 0.0805. The van der Waals surface area contributed by atoms with Gasteiger partial charge in [0.1, 0.15) is 5.69 Å². The molecule has 1 saturated heterocycles. The summed E-state index contributed by atoms with van der Waals surface area (Å²) < 4.78 is 5.12. The van der Waals surface area contributed by atoms with Gasteiger partial charge in [0, 0.05) is 18.4 Å². The molecule has 2 N–H and O–H groups in total. The highest BCUT2D eigenvalue weighted by Gasteiger charge is 2.32. The van der Waals surface area contributed by atoms with Gasteiger partial charge in [0.25, 0.3) is 0 Å². The van der Waals surface area contributed by atoms with Crippen LogP contribution >= 0.6 is 0 Å². The van der Waals surface area contributed by atoms with Crippen molar-refractivity contribution < 1.29 is 9.53 Å². The molecule has 0 bridgehead atoms. The second kappa shape index (κ2) is 3.81. The Kier molecular flexibility index (Phi) is 2.51. The highest BCUT2D eigenvalue weighted by molar-refractivity contribution is 5.96. The van der Waals surface area contributed by atoms with Gasteiger partial charge in [0.15, 0.2) is 5.78 Å². The number of ketones is 1. The van der Waals surface area contributed by atoms with Crippen molar-refractivity contribution in [3.05, 3.63) is 24.3 Å². The maximum atomic E-state index is 11.8. The van der Waals surface area contributed by atoms with E-state index in [1.807, 2.05) is 0 Å². The lowest BCUT2D eigenvalue weighted by Crippen LogP contribution is -2.34. The van der Waals surface area contributed by atoms with E-state index in [2.05, 4.69) is 9.97 Å². The van der Waals surface area contributed by atoms with E-state index in [9.17, 15) is 4.79 Å². The van der Waals surface area contributed by atoms with Crippen LogP contribution in [0, 0.1) is 5.92 Å². The van der Waals surface area contributed by atoms with Crippen LogP contribution in [0.5, 0.6) is 0 Å². The summed E-state index contributed by atoms with van der Waals surface area (Å²) in [6, 6.07) is -0.218. The van der Waals surface area contributed by atoms with Crippen molar-refractivity contribution in [3.63, 3.8) is 0 Å². The molecule has 0 radical (unpaired) electrons. The maximum Gasteiger partial charge on any atom is 0.189 e. The highest BCUT2D eigenvalue weighted by atomic mass is 16.5. The van der Waals surface area contributed by atoms with Crippen molar-refractivity contribution in [2.45, 2.75) is 6.04 Å². The third kappa shape index (κ3) is 1.64. The van der Waals surface area contributed by atoms with Crippen molar-refractivity contribution in [3.8, 4) is 0 Å². The predicted octanol–water partition coefficient (Wildman–Crippen LogP) is -0.367. The van der Waals surface area contributed by atoms with Crippen LogP contribution in [-0.2, 0) is 4.74 Å². The smallest absolute Gasteiger partial charge is 0.189 e. The summed E-state index contributed by atoms with van der Waals surface area (Å²) in [4.78, 5) is 19.6. The van der Waals surface area contributed by atoms with Crippen LogP contribution in [0.1, 0.15) is 10.5 Å². The summed E-state index contributed by atoms with van der Waals surface area (Å²) in [6.45, 7) is 0.827. The van der Waals surface area contributed by atoms with Crippen LogP contribution < -0.4 is 5.73 Å². The Labute approximate surface area is 81.3 Å². The van der Waals surface area contributed by atoms with Gasteiger partial charge in [-0.3, -0.25) is 9.78 Å². The number of ether oxygens (including phenoxy) is 1. The molecule has 0 aliphatic carbocycles. The summed E-state index contributed by atoms with van der Waals surface area (Å²) in [7, 11) is 0. The quantitative estimate of drug-likeness (QED) is 0.648. The Balaban J connectivity index is 2.16. The lowest BCUT2D eigenvalue weighted by Gasteiger charge is -2.10. The molecule has 2 heterocycles. The SMILES string of the molecule is NC1COCC1C(=O)c1cnccn1. The second-order valence-corrected chi connectivity index (χ2v) is 3.26. The van der Waals surface area contributed by atoms with Gasteiger partial charge >= 0.3 is 0 Å². The fraction of sp³-hybridized carbons (Fsp3) is 0.444. The molecule has 0 amide bonds. The van der Waals surface area contributed by atoms with E-state index in [0.717, 1.165) is 0 Å². The molecule has 1 aromatic rings. The van der Waals surface area contributed by atoms with Crippen LogP contribution in [0.3, 0.4) is 0 Å². The number of hydrogen-bond acceptors (Lipinski definition) is 5. The second-order valence-electron chi connectivity index (χ2n) is 3.26. The van der Waals surface area contributed by atoms with Crippen LogP contribution in [0.2, 0.25) is 0 Å². The third-order valence-electron chi connectivity index (χ3n) is 2.28. The molecule has 1 aliphatic rings. The highest BCUT2D eigenvalue weighted by Crippen LogP contribution is 2.15. The van der Waals surface area contributed by atoms with Crippen molar-refractivity contribution in [1.29, 1.82) is 0 Å². The Morgan fingerprint density at radius 3 is 2.93 bits per heavy atom. The molecule has 0 saturated carbocycles. The molecule has 1 aromatic heterocycles. The number of rotatable bonds is 2. The zero-order valence-corrected chi connectivity index (χ0v) is 7.59. The molecule has 0 aromatic carbocycles. The Morgan fingerprint density at radius 1 is 1.50 bits per heavy atom. The number of nitrogens with zero attached hydrogens (tertiary/aromatic N) is 2. The molecule has 5 nitrogen and oxygen atoms in total. The van der Waals surface area contributed by atoms with Gasteiger partial charge < -0.3 is 10.5 Å². The average Bonchev–Trinajstić information content (AvgIpc) is 2.65. The fourth-order valence-corrected chi connectivity index (χ4v) is 1.46. The van der Waals surface area contributed by atoms with E-state index < -0.39 is 0 Å². The Morgan fingerprint density at radius 2 is 2.36 bits per heavy atom. The van der Waals surface area contributed by atoms with Gasteiger partial charge in [-0.15, -0.1) is 0 Å². The Hall–Kier alpha value is -1.33. The summed E-state index contributed by atoms with van der Waals surface area (Å²) in [6.07, 6.45) is 4.48. The zero-order valence-electron chi connectivity index (χ0n) is 7.59. The molecular formula is C9H11N3O2. The van der Waals surface area contributed by atoms with Gasteiger partial charge in [-0.2, -0.15) is 0 Å². The molecule has 1 aliphatic heterocycles. The van der Waals surface area contributed by atoms with Crippen LogP contribution in [0.25, 0.3) is 0 Å². The first-order valence-electron chi connectivity index (χ1n) is 4.42. The minimum Gasteiger partial charge on any atom is -0.379 e. The van der Waals surface area contributed by atoms with Crippen LogP contribution in [0.15, 0.2) is 18.6 Å². The predicted molar refractivity (Wildman–Crippen MR) is 48.6 cm³/mol. The molecule has 5 heteroatoms. The number of Topliss-reactive ketones (excluding diaryl/α,β-unsaturated/α-hetero) is 1. The van der Waals surface area contributed by atoms with E-state index >= 15 is 0 Å². The van der Waals surface area contributed by atoms with E-state index in [-0.39, 0.29) is 17.7 Å². The zero-order chi connectivity index (χ0) is 9.97. The fourth-order valence-electron chi connectivity index (χ4n) is 1.46. The molecule has 1 fully saturated rings. The van der Waals surface area contributed by atoms with Gasteiger partial charge in [0.05, 0.1) is 25.3 Å². The maximum absolute atomic E-state index is 11.8. The van der Waals surface area contributed by atoms with Crippen molar-refractivity contribution in [2.75, 3.05) is 13.2 Å². The molecule has 2 rings (SSSR count). The first-order valence-corrected chi connectivity index (χ1v) is 4.42. The molecular weight excluding hydrogens is 182 g/mol. The number of nitrogens with two attached hydrogens (primary N) is 1. The number of hydrogen-bond donors (Lipinski definition) is 1. The van der Waals surface area contributed by atoms with Crippen LogP contribution in [-0.4, -0.2) is 35.0 Å². The van der Waals surface area contributed by atoms with E-state index in [4.69, 9.17) is 10.5 Å². The summed E-state index contributed by atoms with van der Waals surface area (Å²) in [5, 5.41) is 0. The first-order chi connectivity index (χ1) is 6.79. The summed E-state index contributed by atoms with van der Waals surface area (Å²) in [5.74, 6) is -0.352. The van der Waals surface area contributed by atoms with Crippen molar-refractivity contribution >= 4 is 5.78 Å². The number of carbonyl (C=O) groups excluding carboxylic acids is 1. The molecule has 0 spiro atoms. The van der Waals surface area contributed by atoms with Gasteiger partial charge in [-0.25, -0.2) is 4.98 Å². The summed E-state index contributed by atoms with van der Waals surface area (Å²) >= 11 is 0. The molecule has 2 atom stereocenters. The van der Waals surface area contributed by atoms with Gasteiger partial charge in [-0.1, -0.05) is 0 Å². The minimum atomic E-state index is -0.272. The lowest BCUT2D eigenvalue weighted by molar-refractivity contribution is 0.0890. The van der Waals surface area contributed by atoms with E-state index in [1.54, 1.807) is 0 Å². The van der Waals surface area contributed by atoms with Crippen molar-refractivity contribution in [2.24, 2.45) is 11.7 Å². The van der Waals surface area contributed by atoms with Crippen molar-refractivity contribution in [1.82, 2.24) is 9.97 Å². The number of carbonyl (C=O) groups is 1. The molecule has 14 heavy (non-hydrogen) atoms. The largest absolute Gasteiger partial charge is 0.379 e. The first kappa shape index (κ1) is 9.23. The van der Waals surface area contributed by atoms with Gasteiger partial charge in [-0.05, 0) is 0 Å². The normalized spacial score (nSPS) is 26.4. The van der Waals surface area contributed by atoms with Gasteiger partial charge in [0.2, 0.25) is 0 Å². The standard InChI is InChI=1S/C9H11N3O2/c10-7-5-14-4-6(7)9(13)8-3-11-1-2-12-8/h1-3,6-7H,4-5,10H2. The average molecular weight is 193 g/mol. The van der Waals surface area contributed by atoms with E-state index in [1.165, 1.54) is 18.6 Å². The molecule has 74 valence electrons. The molecule has 2 unspecified atom stereocenters. The monoisotopic (exact) mass is 193 g/mol.